The predicted octanol–water partition coefficient (Wildman–Crippen LogP) is 1.77. The highest BCUT2D eigenvalue weighted by molar-refractivity contribution is 9.10. The van der Waals surface area contributed by atoms with E-state index in [-0.39, 0.29) is 6.61 Å². The van der Waals surface area contributed by atoms with Crippen LogP contribution in [-0.4, -0.2) is 4.98 Å². The van der Waals surface area contributed by atoms with Crippen molar-refractivity contribution in [2.24, 2.45) is 0 Å². The van der Waals surface area contributed by atoms with Crippen LogP contribution in [0.15, 0.2) is 22.9 Å². The first-order chi connectivity index (χ1) is 4.34. The van der Waals surface area contributed by atoms with Gasteiger partial charge in [0.05, 0.1) is 0 Å². The Balaban J connectivity index is 3.01. The SMILES string of the molecule is [O]Cc1ccncc1Br. The predicted molar refractivity (Wildman–Crippen MR) is 36.3 cm³/mol. The fraction of sp³-hybridized carbons (Fsp3) is 0.167. The van der Waals surface area contributed by atoms with E-state index in [1.165, 1.54) is 0 Å². The van der Waals surface area contributed by atoms with Crippen LogP contribution in [-0.2, 0) is 11.7 Å². The van der Waals surface area contributed by atoms with Crippen molar-refractivity contribution in [2.75, 3.05) is 0 Å². The highest BCUT2D eigenvalue weighted by atomic mass is 79.9. The Morgan fingerprint density at radius 2 is 2.44 bits per heavy atom. The largest absolute Gasteiger partial charge is 0.264 e. The summed E-state index contributed by atoms with van der Waals surface area (Å²) in [7, 11) is 0. The summed E-state index contributed by atoms with van der Waals surface area (Å²) in [6, 6.07) is 1.71. The van der Waals surface area contributed by atoms with Crippen molar-refractivity contribution in [3.05, 3.63) is 28.5 Å². The summed E-state index contributed by atoms with van der Waals surface area (Å²) in [4.78, 5) is 3.81. The van der Waals surface area contributed by atoms with Gasteiger partial charge in [0, 0.05) is 16.9 Å². The first kappa shape index (κ1) is 6.71. The summed E-state index contributed by atoms with van der Waals surface area (Å²) in [5.41, 5.74) is 0.755. The highest BCUT2D eigenvalue weighted by Gasteiger charge is 1.94. The third kappa shape index (κ3) is 1.50. The van der Waals surface area contributed by atoms with Gasteiger partial charge in [-0.2, -0.15) is 0 Å². The number of aromatic nitrogens is 1. The molecule has 2 nitrogen and oxygen atoms in total. The zero-order chi connectivity index (χ0) is 6.69. The lowest BCUT2D eigenvalue weighted by Crippen LogP contribution is -1.82. The Hall–Kier alpha value is -0.410. The van der Waals surface area contributed by atoms with Crippen molar-refractivity contribution in [1.29, 1.82) is 0 Å². The fourth-order valence-corrected chi connectivity index (χ4v) is 0.886. The number of hydrogen-bond acceptors (Lipinski definition) is 1. The van der Waals surface area contributed by atoms with Crippen molar-refractivity contribution < 1.29 is 5.11 Å². The Labute approximate surface area is 61.7 Å². The summed E-state index contributed by atoms with van der Waals surface area (Å²) in [5.74, 6) is 0. The minimum absolute atomic E-state index is 0.191. The third-order valence-corrected chi connectivity index (χ3v) is 1.73. The second-order valence-corrected chi connectivity index (χ2v) is 2.47. The first-order valence-electron chi connectivity index (χ1n) is 2.51. The lowest BCUT2D eigenvalue weighted by Gasteiger charge is -1.93. The van der Waals surface area contributed by atoms with E-state index in [0.29, 0.717) is 0 Å². The van der Waals surface area contributed by atoms with Crippen molar-refractivity contribution in [1.82, 2.24) is 4.98 Å². The van der Waals surface area contributed by atoms with Crippen LogP contribution in [0, 0.1) is 0 Å². The second-order valence-electron chi connectivity index (χ2n) is 1.61. The topological polar surface area (TPSA) is 32.8 Å². The van der Waals surface area contributed by atoms with Crippen molar-refractivity contribution in [3.8, 4) is 0 Å². The molecule has 0 saturated heterocycles. The number of nitrogens with zero attached hydrogens (tertiary/aromatic N) is 1. The second kappa shape index (κ2) is 2.94. The summed E-state index contributed by atoms with van der Waals surface area (Å²) in [6.07, 6.45) is 3.23. The van der Waals surface area contributed by atoms with E-state index in [4.69, 9.17) is 0 Å². The maximum Gasteiger partial charge on any atom is 0.108 e. The smallest absolute Gasteiger partial charge is 0.108 e. The van der Waals surface area contributed by atoms with E-state index in [0.717, 1.165) is 10.0 Å². The fourth-order valence-electron chi connectivity index (χ4n) is 0.521. The molecule has 3 heteroatoms. The molecule has 0 spiro atoms. The molecular formula is C6H5BrNO. The summed E-state index contributed by atoms with van der Waals surface area (Å²) >= 11 is 3.19. The minimum Gasteiger partial charge on any atom is -0.264 e. The van der Waals surface area contributed by atoms with E-state index < -0.39 is 0 Å². The molecule has 1 aromatic rings. The number of halogens is 1. The van der Waals surface area contributed by atoms with Crippen molar-refractivity contribution in [2.45, 2.75) is 6.61 Å². The molecule has 0 amide bonds. The lowest BCUT2D eigenvalue weighted by atomic mass is 10.3. The average molecular weight is 187 g/mol. The van der Waals surface area contributed by atoms with Gasteiger partial charge in [-0.3, -0.25) is 4.98 Å². The van der Waals surface area contributed by atoms with Crippen molar-refractivity contribution >= 4 is 15.9 Å². The molecule has 1 radical (unpaired) electrons. The molecule has 0 atom stereocenters. The van der Waals surface area contributed by atoms with Crippen LogP contribution in [0.4, 0.5) is 0 Å². The molecule has 9 heavy (non-hydrogen) atoms. The summed E-state index contributed by atoms with van der Waals surface area (Å²) < 4.78 is 0.792. The van der Waals surface area contributed by atoms with E-state index >= 15 is 0 Å². The zero-order valence-electron chi connectivity index (χ0n) is 4.67. The third-order valence-electron chi connectivity index (χ3n) is 1.01. The van der Waals surface area contributed by atoms with Crippen LogP contribution >= 0.6 is 15.9 Å². The molecule has 0 fully saturated rings. The van der Waals surface area contributed by atoms with Crippen LogP contribution in [0.3, 0.4) is 0 Å². The summed E-state index contributed by atoms with van der Waals surface area (Å²) in [5, 5.41) is 10.3. The first-order valence-corrected chi connectivity index (χ1v) is 3.30. The molecule has 1 aromatic heterocycles. The molecule has 0 aliphatic carbocycles. The molecule has 0 saturated carbocycles. The van der Waals surface area contributed by atoms with Crippen LogP contribution in [0.5, 0.6) is 0 Å². The molecular weight excluding hydrogens is 182 g/mol. The number of pyridine rings is 1. The van der Waals surface area contributed by atoms with Crippen LogP contribution in [0.1, 0.15) is 5.56 Å². The minimum atomic E-state index is -0.191. The normalized spacial score (nSPS) is 9.56. The molecule has 0 aliphatic rings. The summed E-state index contributed by atoms with van der Waals surface area (Å²) in [6.45, 7) is -0.191. The van der Waals surface area contributed by atoms with Gasteiger partial charge in [0.1, 0.15) is 6.61 Å². The number of rotatable bonds is 1. The molecule has 0 N–H and O–H groups in total. The van der Waals surface area contributed by atoms with Crippen molar-refractivity contribution in [3.63, 3.8) is 0 Å². The quantitative estimate of drug-likeness (QED) is 0.659. The molecule has 0 aliphatic heterocycles. The Kier molecular flexibility index (Phi) is 2.19. The standard InChI is InChI=1S/C6H5BrNO/c7-6-3-8-2-1-5(6)4-9/h1-3H,4H2. The molecule has 1 heterocycles. The average Bonchev–Trinajstić information content (AvgIpc) is 1.89. The lowest BCUT2D eigenvalue weighted by molar-refractivity contribution is 0.177. The molecule has 0 unspecified atom stereocenters. The molecule has 0 bridgehead atoms. The van der Waals surface area contributed by atoms with Gasteiger partial charge in [0.2, 0.25) is 0 Å². The Morgan fingerprint density at radius 1 is 1.67 bits per heavy atom. The van der Waals surface area contributed by atoms with Gasteiger partial charge < -0.3 is 0 Å². The van der Waals surface area contributed by atoms with E-state index in [1.807, 2.05) is 0 Å². The van der Waals surface area contributed by atoms with E-state index in [9.17, 15) is 5.11 Å². The van der Waals surface area contributed by atoms with E-state index in [1.54, 1.807) is 18.5 Å². The van der Waals surface area contributed by atoms with Gasteiger partial charge in [0.25, 0.3) is 0 Å². The molecule has 0 aromatic carbocycles. The van der Waals surface area contributed by atoms with Gasteiger partial charge >= 0.3 is 0 Å². The van der Waals surface area contributed by atoms with Gasteiger partial charge in [0.15, 0.2) is 0 Å². The Bertz CT molecular complexity index is 202. The number of hydrogen-bond donors (Lipinski definition) is 0. The monoisotopic (exact) mass is 186 g/mol. The van der Waals surface area contributed by atoms with E-state index in [2.05, 4.69) is 20.9 Å². The van der Waals surface area contributed by atoms with Crippen LogP contribution in [0.25, 0.3) is 0 Å². The maximum atomic E-state index is 10.3. The Morgan fingerprint density at radius 3 is 2.89 bits per heavy atom. The van der Waals surface area contributed by atoms with Crippen LogP contribution < -0.4 is 0 Å². The van der Waals surface area contributed by atoms with Gasteiger partial charge in [-0.25, -0.2) is 5.11 Å². The molecule has 1 rings (SSSR count). The van der Waals surface area contributed by atoms with Crippen LogP contribution in [0.2, 0.25) is 0 Å². The zero-order valence-corrected chi connectivity index (χ0v) is 6.26. The maximum absolute atomic E-state index is 10.3. The molecule has 47 valence electrons. The van der Waals surface area contributed by atoms with Gasteiger partial charge in [-0.1, -0.05) is 0 Å². The van der Waals surface area contributed by atoms with Gasteiger partial charge in [-0.05, 0) is 27.6 Å². The highest BCUT2D eigenvalue weighted by Crippen LogP contribution is 2.13. The van der Waals surface area contributed by atoms with Gasteiger partial charge in [-0.15, -0.1) is 0 Å².